The van der Waals surface area contributed by atoms with Gasteiger partial charge < -0.3 is 8.98 Å². The first-order valence-electron chi connectivity index (χ1n) is 15.8. The second kappa shape index (κ2) is 10.2. The highest BCUT2D eigenvalue weighted by atomic mass is 16.3. The molecule has 0 amide bonds. The third-order valence-electron chi connectivity index (χ3n) is 9.11. The molecule has 9 aromatic rings. The molecule has 0 aliphatic carbocycles. The molecular weight excluding hydrogens is 550 g/mol. The van der Waals surface area contributed by atoms with Gasteiger partial charge in [0.25, 0.3) is 0 Å². The molecule has 0 saturated carbocycles. The molecule has 0 N–H and O–H groups in total. The number of para-hydroxylation sites is 2. The van der Waals surface area contributed by atoms with Crippen LogP contribution in [0.15, 0.2) is 132 Å². The molecule has 0 aliphatic rings. The van der Waals surface area contributed by atoms with Crippen LogP contribution >= 0.6 is 0 Å². The summed E-state index contributed by atoms with van der Waals surface area (Å²) in [4.78, 5) is 4.95. The number of rotatable bonds is 6. The quantitative estimate of drug-likeness (QED) is 0.183. The van der Waals surface area contributed by atoms with Crippen molar-refractivity contribution in [3.63, 3.8) is 0 Å². The normalized spacial score (nSPS) is 12.3. The van der Waals surface area contributed by atoms with Gasteiger partial charge in [-0.2, -0.15) is 0 Å². The van der Waals surface area contributed by atoms with Gasteiger partial charge in [0.2, 0.25) is 0 Å². The maximum atomic E-state index is 6.46. The number of allylic oxidation sites excluding steroid dienone is 1. The lowest BCUT2D eigenvalue weighted by Gasteiger charge is -2.12. The van der Waals surface area contributed by atoms with Gasteiger partial charge in [0.05, 0.1) is 21.9 Å². The molecule has 4 aromatic heterocycles. The first-order chi connectivity index (χ1) is 22.3. The predicted molar refractivity (Wildman–Crippen MR) is 189 cm³/mol. The Morgan fingerprint density at radius 1 is 0.644 bits per heavy atom. The Bertz CT molecular complexity index is 2540. The minimum Gasteiger partial charge on any atom is -0.456 e. The number of pyridine rings is 1. The molecule has 4 nitrogen and oxygen atoms in total. The first-order valence-corrected chi connectivity index (χ1v) is 15.8. The van der Waals surface area contributed by atoms with Crippen molar-refractivity contribution in [2.24, 2.45) is 0 Å². The molecule has 0 spiro atoms. The van der Waals surface area contributed by atoms with E-state index in [-0.39, 0.29) is 0 Å². The third-order valence-corrected chi connectivity index (χ3v) is 9.11. The molecule has 4 heteroatoms. The lowest BCUT2D eigenvalue weighted by atomic mass is 10.1. The molecule has 0 unspecified atom stereocenters. The number of hydrogen-bond donors (Lipinski definition) is 0. The van der Waals surface area contributed by atoms with E-state index in [2.05, 4.69) is 137 Å². The Balaban J connectivity index is 1.33. The zero-order chi connectivity index (χ0) is 29.9. The molecule has 0 radical (unpaired) electrons. The van der Waals surface area contributed by atoms with Crippen LogP contribution in [0.2, 0.25) is 0 Å². The van der Waals surface area contributed by atoms with Gasteiger partial charge in [-0.25, -0.2) is 4.98 Å². The smallest absolute Gasteiger partial charge is 0.145 e. The van der Waals surface area contributed by atoms with E-state index in [1.165, 1.54) is 45.6 Å². The highest BCUT2D eigenvalue weighted by molar-refractivity contribution is 6.24. The summed E-state index contributed by atoms with van der Waals surface area (Å²) in [6, 6.07) is 41.2. The van der Waals surface area contributed by atoms with Crippen molar-refractivity contribution < 1.29 is 4.42 Å². The number of aromatic nitrogens is 3. The van der Waals surface area contributed by atoms with E-state index in [4.69, 9.17) is 9.40 Å². The SMILES string of the molecule is CCCCC=Cc1ccc2oc3ccc4c5cccnc5n(-c5cccc(-n6c7ccccc7c7ccccc76)c5)c4c3c2c1. The van der Waals surface area contributed by atoms with Gasteiger partial charge >= 0.3 is 0 Å². The van der Waals surface area contributed by atoms with Crippen molar-refractivity contribution in [1.29, 1.82) is 0 Å². The fourth-order valence-corrected chi connectivity index (χ4v) is 7.08. The second-order valence-corrected chi connectivity index (χ2v) is 11.8. The molecule has 5 aromatic carbocycles. The minimum absolute atomic E-state index is 0.882. The number of furan rings is 1. The average Bonchev–Trinajstić information content (AvgIpc) is 3.74. The van der Waals surface area contributed by atoms with E-state index >= 15 is 0 Å². The molecule has 216 valence electrons. The summed E-state index contributed by atoms with van der Waals surface area (Å²) in [5.74, 6) is 0. The molecule has 4 heterocycles. The van der Waals surface area contributed by atoms with Crippen LogP contribution in [0, 0.1) is 0 Å². The minimum atomic E-state index is 0.882. The van der Waals surface area contributed by atoms with Crippen molar-refractivity contribution in [3.05, 3.63) is 133 Å². The standard InChI is InChI=1S/C41H31N3O/c1-2-3-4-5-12-27-20-22-37-34(25-27)39-38(45-37)23-21-32-33-17-11-24-42-41(33)44(40(32)39)29-14-10-13-28(26-29)43-35-18-8-6-15-30(35)31-16-7-9-19-36(31)43/h5-26H,2-4H2,1H3. The van der Waals surface area contributed by atoms with Gasteiger partial charge in [-0.15, -0.1) is 0 Å². The predicted octanol–water partition coefficient (Wildman–Crippen LogP) is 11.4. The summed E-state index contributed by atoms with van der Waals surface area (Å²) in [5.41, 5.74) is 9.57. The van der Waals surface area contributed by atoms with Crippen molar-refractivity contribution >= 4 is 71.8 Å². The van der Waals surface area contributed by atoms with Crippen LogP contribution in [0.3, 0.4) is 0 Å². The Kier molecular flexibility index (Phi) is 5.88. The summed E-state index contributed by atoms with van der Waals surface area (Å²) in [6.07, 6.45) is 9.90. The van der Waals surface area contributed by atoms with Crippen LogP contribution in [-0.2, 0) is 0 Å². The zero-order valence-electron chi connectivity index (χ0n) is 25.1. The average molecular weight is 582 g/mol. The maximum absolute atomic E-state index is 6.46. The van der Waals surface area contributed by atoms with Crippen molar-refractivity contribution in [2.45, 2.75) is 26.2 Å². The van der Waals surface area contributed by atoms with E-state index < -0.39 is 0 Å². The van der Waals surface area contributed by atoms with Crippen molar-refractivity contribution in [2.75, 3.05) is 0 Å². The van der Waals surface area contributed by atoms with Gasteiger partial charge in [-0.05, 0) is 78.7 Å². The number of benzene rings is 5. The Hall–Kier alpha value is -5.61. The van der Waals surface area contributed by atoms with E-state index in [1.54, 1.807) is 0 Å². The summed E-state index contributed by atoms with van der Waals surface area (Å²) in [5, 5.41) is 7.04. The summed E-state index contributed by atoms with van der Waals surface area (Å²) in [7, 11) is 0. The molecule has 45 heavy (non-hydrogen) atoms. The van der Waals surface area contributed by atoms with Crippen LogP contribution in [0.1, 0.15) is 31.7 Å². The Labute approximate surface area is 260 Å². The molecule has 9 rings (SSSR count). The fourth-order valence-electron chi connectivity index (χ4n) is 7.08. The highest BCUT2D eigenvalue weighted by Gasteiger charge is 2.20. The maximum Gasteiger partial charge on any atom is 0.145 e. The molecule has 0 fully saturated rings. The van der Waals surface area contributed by atoms with Crippen molar-refractivity contribution in [3.8, 4) is 11.4 Å². The lowest BCUT2D eigenvalue weighted by molar-refractivity contribution is 0.669. The molecule has 0 atom stereocenters. The van der Waals surface area contributed by atoms with E-state index in [9.17, 15) is 0 Å². The van der Waals surface area contributed by atoms with Gasteiger partial charge in [0.1, 0.15) is 16.8 Å². The fraction of sp³-hybridized carbons (Fsp3) is 0.0976. The van der Waals surface area contributed by atoms with Crippen molar-refractivity contribution in [1.82, 2.24) is 14.1 Å². The second-order valence-electron chi connectivity index (χ2n) is 11.8. The van der Waals surface area contributed by atoms with E-state index in [0.717, 1.165) is 56.3 Å². The largest absolute Gasteiger partial charge is 0.456 e. The van der Waals surface area contributed by atoms with Crippen LogP contribution in [0.4, 0.5) is 0 Å². The lowest BCUT2D eigenvalue weighted by Crippen LogP contribution is -1.99. The van der Waals surface area contributed by atoms with E-state index in [0.29, 0.717) is 0 Å². The summed E-state index contributed by atoms with van der Waals surface area (Å²) >= 11 is 0. The van der Waals surface area contributed by atoms with Crippen LogP contribution in [0.5, 0.6) is 0 Å². The van der Waals surface area contributed by atoms with Gasteiger partial charge in [0.15, 0.2) is 0 Å². The van der Waals surface area contributed by atoms with Crippen LogP contribution in [-0.4, -0.2) is 14.1 Å². The monoisotopic (exact) mass is 581 g/mol. The van der Waals surface area contributed by atoms with Gasteiger partial charge in [-0.3, -0.25) is 4.57 Å². The number of nitrogens with zero attached hydrogens (tertiary/aromatic N) is 3. The van der Waals surface area contributed by atoms with Gasteiger partial charge in [0, 0.05) is 44.5 Å². The summed E-state index contributed by atoms with van der Waals surface area (Å²) in [6.45, 7) is 2.23. The summed E-state index contributed by atoms with van der Waals surface area (Å²) < 4.78 is 11.2. The zero-order valence-corrected chi connectivity index (χ0v) is 25.1. The Morgan fingerprint density at radius 3 is 2.18 bits per heavy atom. The van der Waals surface area contributed by atoms with E-state index in [1.807, 2.05) is 12.3 Å². The molecule has 0 bridgehead atoms. The third kappa shape index (κ3) is 3.95. The number of hydrogen-bond acceptors (Lipinski definition) is 2. The molecule has 0 saturated heterocycles. The van der Waals surface area contributed by atoms with Crippen LogP contribution in [0.25, 0.3) is 83.1 Å². The highest BCUT2D eigenvalue weighted by Crippen LogP contribution is 2.41. The number of unbranched alkanes of at least 4 members (excludes halogenated alkanes) is 2. The molecule has 0 aliphatic heterocycles. The topological polar surface area (TPSA) is 35.9 Å². The number of fused-ring (bicyclic) bond motifs is 10. The first kappa shape index (κ1) is 25.8. The van der Waals surface area contributed by atoms with Crippen LogP contribution < -0.4 is 0 Å². The Morgan fingerprint density at radius 2 is 1.38 bits per heavy atom. The molecular formula is C41H31N3O. The van der Waals surface area contributed by atoms with Gasteiger partial charge in [-0.1, -0.05) is 80.4 Å².